The summed E-state index contributed by atoms with van der Waals surface area (Å²) in [7, 11) is 0. The van der Waals surface area contributed by atoms with Crippen LogP contribution in [0.2, 0.25) is 0 Å². The van der Waals surface area contributed by atoms with Crippen molar-refractivity contribution in [2.45, 2.75) is 207 Å². The normalized spacial score (nSPS) is 10.6. The monoisotopic (exact) mass is 746 g/mol. The third-order valence-corrected chi connectivity index (χ3v) is 9.68. The molecule has 0 amide bonds. The molecule has 0 aromatic carbocycles. The van der Waals surface area contributed by atoms with E-state index in [9.17, 15) is 0 Å². The van der Waals surface area contributed by atoms with Gasteiger partial charge < -0.3 is 59.5 Å². The van der Waals surface area contributed by atoms with Crippen molar-refractivity contribution in [3.05, 3.63) is 0 Å². The molecule has 0 aromatic heterocycles. The Bertz CT molecular complexity index is 508. The van der Waals surface area contributed by atoms with E-state index in [-0.39, 0.29) is 16.5 Å². The van der Waals surface area contributed by atoms with Gasteiger partial charge in [0.15, 0.2) is 0 Å². The maximum absolute atomic E-state index is 5.23. The maximum Gasteiger partial charge on any atom is 2.00 e. The number of hydrogen-bond donors (Lipinski definition) is 0. The van der Waals surface area contributed by atoms with E-state index in [0.717, 1.165) is 26.2 Å². The van der Waals surface area contributed by atoms with Gasteiger partial charge in [0, 0.05) is 26.2 Å². The molecule has 0 radical (unpaired) electrons. The van der Waals surface area contributed by atoms with Gasteiger partial charge in [0.25, 0.3) is 0 Å². The summed E-state index contributed by atoms with van der Waals surface area (Å²) in [5, 5.41) is 0. The molecule has 0 saturated heterocycles. The second-order valence-corrected chi connectivity index (χ2v) is 15.1. The van der Waals surface area contributed by atoms with Crippen LogP contribution in [0.25, 0.3) is 0 Å². The van der Waals surface area contributed by atoms with Crippen LogP contribution in [-0.2, 0) is 41.7 Å². The first-order valence-corrected chi connectivity index (χ1v) is 21.0. The molecule has 0 rings (SSSR count). The molecule has 0 aromatic rings. The summed E-state index contributed by atoms with van der Waals surface area (Å²) >= 11 is 20.9. The van der Waals surface area contributed by atoms with Gasteiger partial charge in [-0.25, -0.2) is 0 Å². The average Bonchev–Trinajstić information content (AvgIpc) is 3.01. The first-order chi connectivity index (χ1) is 21.4. The SMILES string of the molecule is CCCCCCCCCN(CCCCCCCCC)C(=S)[S-].CCCCCCCCCN(CCCCCCCCC)C(=S)[S-].[Ni+2]. The topological polar surface area (TPSA) is 6.48 Å². The smallest absolute Gasteiger partial charge is 0.411 e. The van der Waals surface area contributed by atoms with Crippen LogP contribution in [0.5, 0.6) is 0 Å². The second-order valence-electron chi connectivity index (χ2n) is 13.0. The fraction of sp³-hybridized carbons (Fsp3) is 0.947. The summed E-state index contributed by atoms with van der Waals surface area (Å²) in [6.07, 6.45) is 37.8. The molecular weight excluding hydrogens is 671 g/mol. The number of nitrogens with zero attached hydrogens (tertiary/aromatic N) is 2. The maximum atomic E-state index is 5.23. The number of unbranched alkanes of at least 4 members (excludes halogenated alkanes) is 24. The third-order valence-electron chi connectivity index (χ3n) is 8.64. The number of hydrogen-bond acceptors (Lipinski definition) is 4. The van der Waals surface area contributed by atoms with Crippen LogP contribution < -0.4 is 0 Å². The minimum atomic E-state index is 0. The Labute approximate surface area is 316 Å². The van der Waals surface area contributed by atoms with Crippen molar-refractivity contribution in [1.82, 2.24) is 9.80 Å². The minimum absolute atomic E-state index is 0. The predicted octanol–water partition coefficient (Wildman–Crippen LogP) is 13.2. The second kappa shape index (κ2) is 42.7. The summed E-state index contributed by atoms with van der Waals surface area (Å²) in [6.45, 7) is 13.4. The van der Waals surface area contributed by atoms with E-state index in [1.807, 2.05) is 0 Å². The van der Waals surface area contributed by atoms with Crippen LogP contribution in [-0.4, -0.2) is 44.6 Å². The van der Waals surface area contributed by atoms with E-state index >= 15 is 0 Å². The first kappa shape index (κ1) is 50.1. The van der Waals surface area contributed by atoms with E-state index in [1.165, 1.54) is 180 Å². The molecule has 45 heavy (non-hydrogen) atoms. The van der Waals surface area contributed by atoms with E-state index in [2.05, 4.69) is 37.5 Å². The average molecular weight is 748 g/mol. The first-order valence-electron chi connectivity index (χ1n) is 19.4. The Kier molecular flexibility index (Phi) is 47.6. The Hall–Kier alpha value is 0.714. The Morgan fingerprint density at radius 3 is 0.644 bits per heavy atom. The van der Waals surface area contributed by atoms with Crippen LogP contribution in [0.4, 0.5) is 0 Å². The van der Waals surface area contributed by atoms with Crippen LogP contribution in [0, 0.1) is 0 Å². The van der Waals surface area contributed by atoms with Gasteiger partial charge in [-0.2, -0.15) is 0 Å². The number of rotatable bonds is 32. The van der Waals surface area contributed by atoms with Gasteiger partial charge in [-0.1, -0.05) is 190 Å². The fourth-order valence-corrected chi connectivity index (χ4v) is 6.36. The van der Waals surface area contributed by atoms with E-state index in [1.54, 1.807) is 0 Å². The third kappa shape index (κ3) is 40.8. The van der Waals surface area contributed by atoms with Gasteiger partial charge in [-0.15, -0.1) is 0 Å². The molecular formula is C38H76N2NiS4. The van der Waals surface area contributed by atoms with Crippen molar-refractivity contribution in [3.8, 4) is 0 Å². The van der Waals surface area contributed by atoms with Crippen LogP contribution >= 0.6 is 24.4 Å². The summed E-state index contributed by atoms with van der Waals surface area (Å²) in [6, 6.07) is 0. The number of thiocarbonyl (C=S) groups is 2. The van der Waals surface area contributed by atoms with Crippen LogP contribution in [0.15, 0.2) is 0 Å². The zero-order valence-corrected chi connectivity index (χ0v) is 34.7. The molecule has 0 atom stereocenters. The van der Waals surface area contributed by atoms with E-state index in [0.29, 0.717) is 8.64 Å². The molecule has 0 aliphatic heterocycles. The molecule has 0 heterocycles. The molecule has 7 heteroatoms. The molecule has 272 valence electrons. The molecule has 0 bridgehead atoms. The van der Waals surface area contributed by atoms with Gasteiger partial charge in [-0.05, 0) is 25.7 Å². The van der Waals surface area contributed by atoms with E-state index in [4.69, 9.17) is 49.7 Å². The van der Waals surface area contributed by atoms with Gasteiger partial charge in [-0.3, -0.25) is 0 Å². The van der Waals surface area contributed by atoms with E-state index < -0.39 is 0 Å². The molecule has 0 aliphatic rings. The zero-order chi connectivity index (χ0) is 32.9. The van der Waals surface area contributed by atoms with Crippen LogP contribution in [0.1, 0.15) is 207 Å². The largest absolute Gasteiger partial charge is 2.00 e. The van der Waals surface area contributed by atoms with Crippen molar-refractivity contribution < 1.29 is 16.5 Å². The Balaban J connectivity index is -0.000000767. The summed E-state index contributed by atoms with van der Waals surface area (Å²) in [5.41, 5.74) is 0. The van der Waals surface area contributed by atoms with Crippen molar-refractivity contribution in [3.63, 3.8) is 0 Å². The fourth-order valence-electron chi connectivity index (χ4n) is 5.63. The molecule has 2 nitrogen and oxygen atoms in total. The Morgan fingerprint density at radius 1 is 0.333 bits per heavy atom. The van der Waals surface area contributed by atoms with Gasteiger partial charge in [0.2, 0.25) is 0 Å². The molecule has 0 saturated carbocycles. The van der Waals surface area contributed by atoms with Crippen molar-refractivity contribution in [2.24, 2.45) is 0 Å². The minimum Gasteiger partial charge on any atom is -0.411 e. The Morgan fingerprint density at radius 2 is 0.489 bits per heavy atom. The predicted molar refractivity (Wildman–Crippen MR) is 215 cm³/mol. The van der Waals surface area contributed by atoms with Gasteiger partial charge in [0.1, 0.15) is 0 Å². The van der Waals surface area contributed by atoms with Gasteiger partial charge in [0.05, 0.1) is 0 Å². The molecule has 0 unspecified atom stereocenters. The molecule has 0 N–H and O–H groups in total. The summed E-state index contributed by atoms with van der Waals surface area (Å²) in [4.78, 5) is 4.51. The zero-order valence-electron chi connectivity index (χ0n) is 30.5. The standard InChI is InChI=1S/2C19H39NS2.Ni/c2*1-3-5-7-9-11-13-15-17-20(19(21)22)18-16-14-12-10-8-6-4-2;/h2*3-18H2,1-2H3,(H,21,22);/q;;+2/p-2. The van der Waals surface area contributed by atoms with Crippen molar-refractivity contribution >= 4 is 58.3 Å². The molecule has 0 spiro atoms. The molecule has 0 fully saturated rings. The quantitative estimate of drug-likeness (QED) is 0.0290. The molecule has 0 aliphatic carbocycles. The van der Waals surface area contributed by atoms with Crippen molar-refractivity contribution in [1.29, 1.82) is 0 Å². The summed E-state index contributed by atoms with van der Waals surface area (Å²) < 4.78 is 1.36. The van der Waals surface area contributed by atoms with Crippen LogP contribution in [0.3, 0.4) is 0 Å². The summed E-state index contributed by atoms with van der Waals surface area (Å²) in [5.74, 6) is 0. The van der Waals surface area contributed by atoms with Gasteiger partial charge >= 0.3 is 16.5 Å². The van der Waals surface area contributed by atoms with Crippen molar-refractivity contribution in [2.75, 3.05) is 26.2 Å².